The number of benzene rings is 1. The van der Waals surface area contributed by atoms with Gasteiger partial charge in [-0.1, -0.05) is 11.6 Å². The number of nitrogens with one attached hydrogen (secondary N) is 1. The molecular formula is C19H20F2N2O2. The van der Waals surface area contributed by atoms with Gasteiger partial charge in [-0.15, -0.1) is 0 Å². The van der Waals surface area contributed by atoms with E-state index in [0.717, 1.165) is 24.0 Å². The van der Waals surface area contributed by atoms with E-state index in [1.807, 2.05) is 6.92 Å². The van der Waals surface area contributed by atoms with Crippen LogP contribution in [0.3, 0.4) is 0 Å². The zero-order valence-corrected chi connectivity index (χ0v) is 14.0. The lowest BCUT2D eigenvalue weighted by Gasteiger charge is -2.28. The lowest BCUT2D eigenvalue weighted by Crippen LogP contribution is -2.40. The number of aromatic nitrogens is 1. The van der Waals surface area contributed by atoms with Crippen molar-refractivity contribution in [2.45, 2.75) is 38.6 Å². The predicted molar refractivity (Wildman–Crippen MR) is 87.7 cm³/mol. The van der Waals surface area contributed by atoms with Crippen molar-refractivity contribution in [3.05, 3.63) is 41.6 Å². The van der Waals surface area contributed by atoms with Gasteiger partial charge >= 0.3 is 0 Å². The zero-order chi connectivity index (χ0) is 17.6. The summed E-state index contributed by atoms with van der Waals surface area (Å²) in [6, 6.07) is 4.97. The van der Waals surface area contributed by atoms with E-state index in [-0.39, 0.29) is 23.4 Å². The Hall–Kier alpha value is -2.24. The van der Waals surface area contributed by atoms with Gasteiger partial charge in [0.1, 0.15) is 0 Å². The Morgan fingerprint density at radius 3 is 2.76 bits per heavy atom. The van der Waals surface area contributed by atoms with Crippen LogP contribution in [0.25, 0.3) is 11.3 Å². The number of fused-ring (bicyclic) bond motifs is 2. The smallest absolute Gasteiger partial charge is 0.273 e. The van der Waals surface area contributed by atoms with Gasteiger partial charge in [0.15, 0.2) is 23.1 Å². The summed E-state index contributed by atoms with van der Waals surface area (Å²) in [7, 11) is 0. The molecule has 4 rings (SSSR count). The van der Waals surface area contributed by atoms with Gasteiger partial charge in [0, 0.05) is 17.7 Å². The molecule has 4 nitrogen and oxygen atoms in total. The van der Waals surface area contributed by atoms with Gasteiger partial charge in [0.05, 0.1) is 0 Å². The topological polar surface area (TPSA) is 55.1 Å². The van der Waals surface area contributed by atoms with Crippen molar-refractivity contribution in [2.75, 3.05) is 0 Å². The maximum atomic E-state index is 13.3. The molecule has 0 aliphatic heterocycles. The van der Waals surface area contributed by atoms with E-state index in [4.69, 9.17) is 4.52 Å². The van der Waals surface area contributed by atoms with Crippen LogP contribution in [0.5, 0.6) is 0 Å². The van der Waals surface area contributed by atoms with Gasteiger partial charge in [0.25, 0.3) is 5.91 Å². The molecule has 1 heterocycles. The fraction of sp³-hybridized carbons (Fsp3) is 0.474. The first-order valence-electron chi connectivity index (χ1n) is 8.74. The molecule has 2 aliphatic carbocycles. The van der Waals surface area contributed by atoms with Crippen LogP contribution in [0.2, 0.25) is 0 Å². The average Bonchev–Trinajstić information content (AvgIpc) is 3.33. The van der Waals surface area contributed by atoms with Crippen LogP contribution in [-0.4, -0.2) is 17.1 Å². The highest BCUT2D eigenvalue weighted by molar-refractivity contribution is 5.93. The summed E-state index contributed by atoms with van der Waals surface area (Å²) in [6.07, 6.45) is 5.06. The summed E-state index contributed by atoms with van der Waals surface area (Å²) in [5.41, 5.74) is 0.487. The molecular weight excluding hydrogens is 326 g/mol. The molecule has 0 radical (unpaired) electrons. The van der Waals surface area contributed by atoms with E-state index in [2.05, 4.69) is 10.5 Å². The van der Waals surface area contributed by atoms with Crippen molar-refractivity contribution in [1.82, 2.24) is 10.5 Å². The molecule has 4 atom stereocenters. The van der Waals surface area contributed by atoms with Crippen molar-refractivity contribution in [3.63, 3.8) is 0 Å². The molecule has 2 aromatic rings. The molecule has 25 heavy (non-hydrogen) atoms. The van der Waals surface area contributed by atoms with Crippen LogP contribution >= 0.6 is 0 Å². The van der Waals surface area contributed by atoms with Crippen molar-refractivity contribution in [1.29, 1.82) is 0 Å². The lowest BCUT2D eigenvalue weighted by molar-refractivity contribution is 0.0906. The van der Waals surface area contributed by atoms with Gasteiger partial charge in [-0.25, -0.2) is 8.78 Å². The normalized spacial score (nSPS) is 26.0. The molecule has 2 fully saturated rings. The first-order chi connectivity index (χ1) is 12.0. The molecule has 2 saturated carbocycles. The second-order valence-electron chi connectivity index (χ2n) is 7.31. The molecule has 2 bridgehead atoms. The second-order valence-corrected chi connectivity index (χ2v) is 7.31. The number of hydrogen-bond acceptors (Lipinski definition) is 3. The third-order valence-corrected chi connectivity index (χ3v) is 5.74. The molecule has 2 aliphatic rings. The van der Waals surface area contributed by atoms with Gasteiger partial charge in [-0.3, -0.25) is 4.79 Å². The fourth-order valence-electron chi connectivity index (χ4n) is 4.46. The van der Waals surface area contributed by atoms with Gasteiger partial charge in [-0.05, 0) is 62.1 Å². The van der Waals surface area contributed by atoms with E-state index >= 15 is 0 Å². The minimum Gasteiger partial charge on any atom is -0.355 e. The highest BCUT2D eigenvalue weighted by Gasteiger charge is 2.42. The van der Waals surface area contributed by atoms with Gasteiger partial charge < -0.3 is 9.84 Å². The number of carbonyl (C=O) groups is 1. The quantitative estimate of drug-likeness (QED) is 0.904. The summed E-state index contributed by atoms with van der Waals surface area (Å²) >= 11 is 0. The number of carbonyl (C=O) groups excluding carboxylic acids is 1. The highest BCUT2D eigenvalue weighted by atomic mass is 19.2. The molecule has 1 aromatic carbocycles. The summed E-state index contributed by atoms with van der Waals surface area (Å²) < 4.78 is 31.5. The fourth-order valence-corrected chi connectivity index (χ4v) is 4.46. The summed E-state index contributed by atoms with van der Waals surface area (Å²) in [4.78, 5) is 12.4. The predicted octanol–water partition coefficient (Wildman–Crippen LogP) is 4.17. The summed E-state index contributed by atoms with van der Waals surface area (Å²) in [5, 5.41) is 6.78. The summed E-state index contributed by atoms with van der Waals surface area (Å²) in [6.45, 7) is 2.04. The van der Waals surface area contributed by atoms with E-state index in [0.29, 0.717) is 11.5 Å². The maximum Gasteiger partial charge on any atom is 0.273 e. The van der Waals surface area contributed by atoms with Crippen molar-refractivity contribution in [2.24, 2.45) is 17.8 Å². The molecule has 1 N–H and O–H groups in total. The molecule has 0 saturated heterocycles. The van der Waals surface area contributed by atoms with E-state index < -0.39 is 11.6 Å². The van der Waals surface area contributed by atoms with Crippen LogP contribution in [0.1, 0.15) is 43.1 Å². The monoisotopic (exact) mass is 346 g/mol. The van der Waals surface area contributed by atoms with E-state index in [1.54, 1.807) is 0 Å². The van der Waals surface area contributed by atoms with Crippen molar-refractivity contribution >= 4 is 5.91 Å². The number of amides is 1. The Morgan fingerprint density at radius 2 is 2.08 bits per heavy atom. The van der Waals surface area contributed by atoms with Crippen LogP contribution < -0.4 is 5.32 Å². The first-order valence-corrected chi connectivity index (χ1v) is 8.74. The first kappa shape index (κ1) is 16.2. The molecule has 132 valence electrons. The number of hydrogen-bond donors (Lipinski definition) is 1. The third-order valence-electron chi connectivity index (χ3n) is 5.74. The molecule has 6 heteroatoms. The Bertz CT molecular complexity index is 804. The standard InChI is InChI=1S/C19H20F2N2O2/c1-10(14-7-11-2-3-12(14)6-11)22-19(24)17-9-18(25-23-17)13-4-5-15(20)16(21)8-13/h4-5,8-12,14H,2-3,6-7H2,1H3,(H,22,24). The number of halogens is 2. The zero-order valence-electron chi connectivity index (χ0n) is 14.0. The Morgan fingerprint density at radius 1 is 1.24 bits per heavy atom. The minimum atomic E-state index is -0.968. The largest absolute Gasteiger partial charge is 0.355 e. The van der Waals surface area contributed by atoms with Crippen molar-refractivity contribution in [3.8, 4) is 11.3 Å². The van der Waals surface area contributed by atoms with Crippen LogP contribution in [0.15, 0.2) is 28.8 Å². The van der Waals surface area contributed by atoms with Gasteiger partial charge in [0.2, 0.25) is 0 Å². The lowest BCUT2D eigenvalue weighted by atomic mass is 9.84. The third kappa shape index (κ3) is 3.05. The average molecular weight is 346 g/mol. The minimum absolute atomic E-state index is 0.0891. The maximum absolute atomic E-state index is 13.3. The Balaban J connectivity index is 1.44. The van der Waals surface area contributed by atoms with E-state index in [9.17, 15) is 13.6 Å². The van der Waals surface area contributed by atoms with Crippen LogP contribution in [0.4, 0.5) is 8.78 Å². The van der Waals surface area contributed by atoms with E-state index in [1.165, 1.54) is 37.8 Å². The van der Waals surface area contributed by atoms with Crippen molar-refractivity contribution < 1.29 is 18.1 Å². The Kier molecular flexibility index (Phi) is 4.06. The SMILES string of the molecule is CC(NC(=O)c1cc(-c2ccc(F)c(F)c2)on1)C1CC2CCC1C2. The molecule has 1 amide bonds. The Labute approximate surface area is 144 Å². The second kappa shape index (κ2) is 6.24. The summed E-state index contributed by atoms with van der Waals surface area (Å²) in [5.74, 6) is 0.104. The molecule has 0 spiro atoms. The highest BCUT2D eigenvalue weighted by Crippen LogP contribution is 2.49. The molecule has 1 aromatic heterocycles. The molecule has 4 unspecified atom stereocenters. The van der Waals surface area contributed by atoms with Gasteiger partial charge in [-0.2, -0.15) is 0 Å². The van der Waals surface area contributed by atoms with Crippen LogP contribution in [0, 0.1) is 29.4 Å². The van der Waals surface area contributed by atoms with Crippen LogP contribution in [-0.2, 0) is 0 Å². The number of nitrogens with zero attached hydrogens (tertiary/aromatic N) is 1. The number of rotatable bonds is 4.